The third kappa shape index (κ3) is 4.77. The standard InChI is InChI=1S/C27H25ClN2O4/c1-4-34-22-7-5-6-20(14-22)29-27(32)26(31)25-17(2)30(16-18-8-10-19(28)11-9-18)24-13-12-21(33-3)15-23(24)25/h5-15H,4,16H2,1-3H3,(H,29,32). The van der Waals surface area contributed by atoms with Gasteiger partial charge in [0.1, 0.15) is 11.5 Å². The number of methoxy groups -OCH3 is 1. The molecule has 34 heavy (non-hydrogen) atoms. The fourth-order valence-corrected chi connectivity index (χ4v) is 4.11. The number of ether oxygens (including phenoxy) is 2. The predicted molar refractivity (Wildman–Crippen MR) is 134 cm³/mol. The van der Waals surface area contributed by atoms with Crippen molar-refractivity contribution in [2.75, 3.05) is 19.0 Å². The van der Waals surface area contributed by atoms with Crippen LogP contribution in [-0.4, -0.2) is 30.0 Å². The van der Waals surface area contributed by atoms with E-state index in [9.17, 15) is 9.59 Å². The molecular weight excluding hydrogens is 452 g/mol. The molecule has 3 aromatic carbocycles. The maximum absolute atomic E-state index is 13.4. The summed E-state index contributed by atoms with van der Waals surface area (Å²) in [6, 6.07) is 20.0. The predicted octanol–water partition coefficient (Wildman–Crippen LogP) is 5.88. The molecule has 1 N–H and O–H groups in total. The lowest BCUT2D eigenvalue weighted by Gasteiger charge is -2.10. The lowest BCUT2D eigenvalue weighted by molar-refractivity contribution is -0.112. The van der Waals surface area contributed by atoms with Crippen molar-refractivity contribution in [1.29, 1.82) is 0 Å². The first kappa shape index (κ1) is 23.4. The summed E-state index contributed by atoms with van der Waals surface area (Å²) in [5.74, 6) is -0.110. The quantitative estimate of drug-likeness (QED) is 0.254. The Labute approximate surface area is 203 Å². The van der Waals surface area contributed by atoms with Gasteiger partial charge in [-0.25, -0.2) is 0 Å². The number of Topliss-reactive ketones (excluding diaryl/α,β-unsaturated/α-hetero) is 1. The second-order valence-corrected chi connectivity index (χ2v) is 8.24. The molecule has 0 aliphatic rings. The van der Waals surface area contributed by atoms with Crippen LogP contribution in [0.2, 0.25) is 5.02 Å². The molecule has 0 aliphatic carbocycles. The molecule has 4 rings (SSSR count). The van der Waals surface area contributed by atoms with E-state index in [-0.39, 0.29) is 0 Å². The van der Waals surface area contributed by atoms with E-state index in [0.29, 0.717) is 52.0 Å². The number of rotatable bonds is 8. The third-order valence-corrected chi connectivity index (χ3v) is 5.87. The van der Waals surface area contributed by atoms with E-state index < -0.39 is 11.7 Å². The second kappa shape index (κ2) is 10.0. The van der Waals surface area contributed by atoms with Gasteiger partial charge in [-0.05, 0) is 61.9 Å². The van der Waals surface area contributed by atoms with Gasteiger partial charge in [0.25, 0.3) is 11.7 Å². The molecule has 6 nitrogen and oxygen atoms in total. The minimum Gasteiger partial charge on any atom is -0.497 e. The Balaban J connectivity index is 1.72. The molecule has 4 aromatic rings. The number of aromatic nitrogens is 1. The molecule has 1 aromatic heterocycles. The van der Waals surface area contributed by atoms with Crippen LogP contribution in [0, 0.1) is 6.92 Å². The number of hydrogen-bond donors (Lipinski definition) is 1. The minimum absolute atomic E-state index is 0.348. The Morgan fingerprint density at radius 2 is 1.76 bits per heavy atom. The lowest BCUT2D eigenvalue weighted by atomic mass is 10.1. The Morgan fingerprint density at radius 1 is 1.00 bits per heavy atom. The summed E-state index contributed by atoms with van der Waals surface area (Å²) in [5, 5.41) is 4.02. The number of carbonyl (C=O) groups is 2. The summed E-state index contributed by atoms with van der Waals surface area (Å²) in [6.07, 6.45) is 0. The van der Waals surface area contributed by atoms with Crippen molar-refractivity contribution in [1.82, 2.24) is 4.57 Å². The molecular formula is C27H25ClN2O4. The van der Waals surface area contributed by atoms with Crippen molar-refractivity contribution in [3.63, 3.8) is 0 Å². The number of nitrogens with one attached hydrogen (secondary N) is 1. The van der Waals surface area contributed by atoms with Crippen LogP contribution in [0.15, 0.2) is 66.7 Å². The van der Waals surface area contributed by atoms with Crippen molar-refractivity contribution >= 4 is 39.9 Å². The summed E-state index contributed by atoms with van der Waals surface area (Å²) in [5.41, 5.74) is 3.39. The molecule has 0 radical (unpaired) electrons. The maximum Gasteiger partial charge on any atom is 0.296 e. The smallest absolute Gasteiger partial charge is 0.296 e. The Kier molecular flexibility index (Phi) is 6.89. The Morgan fingerprint density at radius 3 is 2.47 bits per heavy atom. The van der Waals surface area contributed by atoms with Crippen molar-refractivity contribution < 1.29 is 19.1 Å². The molecule has 0 spiro atoms. The van der Waals surface area contributed by atoms with Gasteiger partial charge in [-0.2, -0.15) is 0 Å². The molecule has 0 bridgehead atoms. The normalized spacial score (nSPS) is 10.8. The number of benzene rings is 3. The Bertz CT molecular complexity index is 1360. The van der Waals surface area contributed by atoms with Gasteiger partial charge in [-0.15, -0.1) is 0 Å². The molecule has 0 saturated heterocycles. The van der Waals surface area contributed by atoms with Crippen LogP contribution in [0.4, 0.5) is 5.69 Å². The van der Waals surface area contributed by atoms with Crippen LogP contribution in [0.5, 0.6) is 11.5 Å². The van der Waals surface area contributed by atoms with E-state index in [4.69, 9.17) is 21.1 Å². The van der Waals surface area contributed by atoms with Gasteiger partial charge in [0.2, 0.25) is 0 Å². The van der Waals surface area contributed by atoms with Gasteiger partial charge in [-0.3, -0.25) is 9.59 Å². The molecule has 1 amide bonds. The van der Waals surface area contributed by atoms with Crippen LogP contribution in [-0.2, 0) is 11.3 Å². The number of halogens is 1. The molecule has 7 heteroatoms. The molecule has 0 unspecified atom stereocenters. The van der Waals surface area contributed by atoms with E-state index in [0.717, 1.165) is 11.1 Å². The van der Waals surface area contributed by atoms with E-state index >= 15 is 0 Å². The highest BCUT2D eigenvalue weighted by Crippen LogP contribution is 2.31. The van der Waals surface area contributed by atoms with Crippen LogP contribution in [0.25, 0.3) is 10.9 Å². The van der Waals surface area contributed by atoms with Crippen molar-refractivity contribution in [2.45, 2.75) is 20.4 Å². The van der Waals surface area contributed by atoms with Crippen molar-refractivity contribution in [2.24, 2.45) is 0 Å². The van der Waals surface area contributed by atoms with Gasteiger partial charge in [0.05, 0.1) is 19.3 Å². The van der Waals surface area contributed by atoms with E-state index in [1.54, 1.807) is 37.4 Å². The highest BCUT2D eigenvalue weighted by molar-refractivity contribution is 6.48. The zero-order valence-corrected chi connectivity index (χ0v) is 20.0. The third-order valence-electron chi connectivity index (χ3n) is 5.62. The average Bonchev–Trinajstić information content (AvgIpc) is 3.10. The highest BCUT2D eigenvalue weighted by atomic mass is 35.5. The number of carbonyl (C=O) groups excluding carboxylic acids is 2. The molecule has 0 atom stereocenters. The topological polar surface area (TPSA) is 69.6 Å². The number of anilines is 1. The molecule has 1 heterocycles. The number of nitrogens with zero attached hydrogens (tertiary/aromatic N) is 1. The first-order valence-electron chi connectivity index (χ1n) is 10.9. The summed E-state index contributed by atoms with van der Waals surface area (Å²) in [7, 11) is 1.57. The summed E-state index contributed by atoms with van der Waals surface area (Å²) >= 11 is 6.03. The van der Waals surface area contributed by atoms with Crippen LogP contribution in [0.3, 0.4) is 0 Å². The molecule has 0 aliphatic heterocycles. The van der Waals surface area contributed by atoms with Gasteiger partial charge in [0, 0.05) is 39.9 Å². The second-order valence-electron chi connectivity index (χ2n) is 7.80. The van der Waals surface area contributed by atoms with E-state index in [1.165, 1.54) is 0 Å². The van der Waals surface area contributed by atoms with Crippen LogP contribution >= 0.6 is 11.6 Å². The fraction of sp³-hybridized carbons (Fsp3) is 0.185. The zero-order valence-electron chi connectivity index (χ0n) is 19.2. The van der Waals surface area contributed by atoms with Gasteiger partial charge in [-0.1, -0.05) is 29.8 Å². The van der Waals surface area contributed by atoms with E-state index in [1.807, 2.05) is 54.8 Å². The van der Waals surface area contributed by atoms with Crippen LogP contribution in [0.1, 0.15) is 28.5 Å². The average molecular weight is 477 g/mol. The largest absolute Gasteiger partial charge is 0.497 e. The molecule has 0 saturated carbocycles. The van der Waals surface area contributed by atoms with Crippen molar-refractivity contribution in [3.05, 3.63) is 88.6 Å². The van der Waals surface area contributed by atoms with Gasteiger partial charge >= 0.3 is 0 Å². The lowest BCUT2D eigenvalue weighted by Crippen LogP contribution is -2.23. The van der Waals surface area contributed by atoms with Gasteiger partial charge < -0.3 is 19.4 Å². The van der Waals surface area contributed by atoms with Crippen LogP contribution < -0.4 is 14.8 Å². The molecule has 0 fully saturated rings. The number of hydrogen-bond acceptors (Lipinski definition) is 4. The number of fused-ring (bicyclic) bond motifs is 1. The summed E-state index contributed by atoms with van der Waals surface area (Å²) in [6.45, 7) is 4.76. The first-order valence-corrected chi connectivity index (χ1v) is 11.3. The molecule has 174 valence electrons. The number of ketones is 1. The highest BCUT2D eigenvalue weighted by Gasteiger charge is 2.26. The maximum atomic E-state index is 13.4. The number of amides is 1. The van der Waals surface area contributed by atoms with Crippen molar-refractivity contribution in [3.8, 4) is 11.5 Å². The first-order chi connectivity index (χ1) is 16.4. The van der Waals surface area contributed by atoms with E-state index in [2.05, 4.69) is 5.32 Å². The minimum atomic E-state index is -0.717. The monoisotopic (exact) mass is 476 g/mol. The fourth-order valence-electron chi connectivity index (χ4n) is 3.98. The van der Waals surface area contributed by atoms with Gasteiger partial charge in [0.15, 0.2) is 0 Å². The summed E-state index contributed by atoms with van der Waals surface area (Å²) < 4.78 is 12.9. The Hall–Kier alpha value is -3.77. The summed E-state index contributed by atoms with van der Waals surface area (Å²) in [4.78, 5) is 26.4. The zero-order chi connectivity index (χ0) is 24.2. The SMILES string of the molecule is CCOc1cccc(NC(=O)C(=O)c2c(C)n(Cc3ccc(Cl)cc3)c3ccc(OC)cc23)c1.